The molecule has 1 fully saturated rings. The van der Waals surface area contributed by atoms with Crippen molar-refractivity contribution in [1.82, 2.24) is 29.7 Å². The molecule has 6 rings (SSSR count). The van der Waals surface area contributed by atoms with Crippen molar-refractivity contribution in [3.05, 3.63) is 59.7 Å². The van der Waals surface area contributed by atoms with Crippen LogP contribution in [0.1, 0.15) is 27.2 Å². The Morgan fingerprint density at radius 1 is 1.06 bits per heavy atom. The van der Waals surface area contributed by atoms with Crippen LogP contribution in [-0.4, -0.2) is 69.4 Å². The zero-order chi connectivity index (χ0) is 34.4. The Bertz CT molecular complexity index is 2030. The summed E-state index contributed by atoms with van der Waals surface area (Å²) in [6, 6.07) is 7.58. The van der Waals surface area contributed by atoms with Gasteiger partial charge in [0.05, 0.1) is 40.0 Å². The molecule has 2 N–H and O–H groups in total. The Morgan fingerprint density at radius 2 is 1.83 bits per heavy atom. The van der Waals surface area contributed by atoms with Gasteiger partial charge in [-0.1, -0.05) is 20.8 Å². The second kappa shape index (κ2) is 13.1. The molecule has 2 aromatic carbocycles. The van der Waals surface area contributed by atoms with Crippen LogP contribution in [0.2, 0.25) is 0 Å². The van der Waals surface area contributed by atoms with Crippen LogP contribution in [0.4, 0.5) is 33.2 Å². The normalized spacial score (nSPS) is 17.1. The smallest absolute Gasteiger partial charge is 0.229 e. The number of hydrogen-bond donors (Lipinski definition) is 2. The zero-order valence-electron chi connectivity index (χ0n) is 28.1. The van der Waals surface area contributed by atoms with E-state index >= 15 is 4.39 Å². The van der Waals surface area contributed by atoms with Gasteiger partial charge < -0.3 is 24.8 Å². The van der Waals surface area contributed by atoms with Crippen LogP contribution in [0, 0.1) is 11.3 Å². The Balaban J connectivity index is 1.36. The summed E-state index contributed by atoms with van der Waals surface area (Å²) in [5.41, 5.74) is 5.01. The quantitative estimate of drug-likeness (QED) is 0.155. The third-order valence-corrected chi connectivity index (χ3v) is 10.8. The summed E-state index contributed by atoms with van der Waals surface area (Å²) in [4.78, 5) is 20.2. The van der Waals surface area contributed by atoms with Crippen molar-refractivity contribution >= 4 is 68.2 Å². The van der Waals surface area contributed by atoms with Crippen molar-refractivity contribution < 1.29 is 13.7 Å². The van der Waals surface area contributed by atoms with E-state index in [1.54, 1.807) is 49.9 Å². The molecule has 1 aliphatic heterocycles. The molecule has 0 amide bonds. The maximum absolute atomic E-state index is 15.6. The largest absolute Gasteiger partial charge is 0.494 e. The number of aryl methyl sites for hydroxylation is 1. The molecular formula is C34H40BrFN9O2P. The Hall–Kier alpha value is -4.09. The maximum atomic E-state index is 15.6. The number of rotatable bonds is 8. The first kappa shape index (κ1) is 33.8. The van der Waals surface area contributed by atoms with E-state index in [0.29, 0.717) is 56.2 Å². The highest BCUT2D eigenvalue weighted by atomic mass is 79.9. The first-order chi connectivity index (χ1) is 22.7. The van der Waals surface area contributed by atoms with E-state index in [9.17, 15) is 4.57 Å². The summed E-state index contributed by atoms with van der Waals surface area (Å²) in [6.07, 6.45) is 8.37. The summed E-state index contributed by atoms with van der Waals surface area (Å²) in [5.74, 6) is 1.30. The van der Waals surface area contributed by atoms with E-state index in [-0.39, 0.29) is 11.3 Å². The number of fused-ring (bicyclic) bond motifs is 1. The fourth-order valence-electron chi connectivity index (χ4n) is 6.42. The molecule has 14 heteroatoms. The van der Waals surface area contributed by atoms with Crippen molar-refractivity contribution in [2.24, 2.45) is 18.4 Å². The average molecular weight is 737 g/mol. The van der Waals surface area contributed by atoms with Gasteiger partial charge in [0.1, 0.15) is 30.4 Å². The lowest BCUT2D eigenvalue weighted by Gasteiger charge is -2.42. The maximum Gasteiger partial charge on any atom is 0.229 e. The minimum Gasteiger partial charge on any atom is -0.494 e. The number of halogens is 2. The highest BCUT2D eigenvalue weighted by Gasteiger charge is 2.38. The van der Waals surface area contributed by atoms with Crippen molar-refractivity contribution in [2.45, 2.75) is 33.4 Å². The first-order valence-corrected chi connectivity index (χ1v) is 19.1. The van der Waals surface area contributed by atoms with E-state index in [2.05, 4.69) is 72.3 Å². The number of alkyl halides is 1. The molecule has 252 valence electrons. The number of piperidine rings is 1. The van der Waals surface area contributed by atoms with Gasteiger partial charge >= 0.3 is 0 Å². The highest BCUT2D eigenvalue weighted by Crippen LogP contribution is 2.44. The second-order valence-corrected chi connectivity index (χ2v) is 17.6. The van der Waals surface area contributed by atoms with Gasteiger partial charge in [-0.2, -0.15) is 10.1 Å². The van der Waals surface area contributed by atoms with Crippen molar-refractivity contribution in [3.63, 3.8) is 0 Å². The molecule has 0 spiro atoms. The molecular weight excluding hydrogens is 696 g/mol. The Kier molecular flexibility index (Phi) is 9.21. The number of aromatic nitrogens is 6. The van der Waals surface area contributed by atoms with E-state index in [4.69, 9.17) is 9.72 Å². The fraction of sp³-hybridized carbons (Fsp3) is 0.382. The van der Waals surface area contributed by atoms with Gasteiger partial charge in [-0.3, -0.25) is 14.6 Å². The molecule has 1 saturated heterocycles. The summed E-state index contributed by atoms with van der Waals surface area (Å²) < 4.78 is 37.3. The van der Waals surface area contributed by atoms with E-state index < -0.39 is 13.3 Å². The molecule has 48 heavy (non-hydrogen) atoms. The molecule has 1 aliphatic rings. The lowest BCUT2D eigenvalue weighted by Crippen LogP contribution is -2.46. The Labute approximate surface area is 288 Å². The van der Waals surface area contributed by atoms with Gasteiger partial charge in [0, 0.05) is 67.8 Å². The molecule has 5 aromatic rings. The van der Waals surface area contributed by atoms with E-state index in [1.165, 1.54) is 0 Å². The molecule has 0 bridgehead atoms. The van der Waals surface area contributed by atoms with Gasteiger partial charge in [0.15, 0.2) is 0 Å². The van der Waals surface area contributed by atoms with Crippen LogP contribution in [-0.2, 0) is 11.6 Å². The van der Waals surface area contributed by atoms with Crippen LogP contribution in [0.25, 0.3) is 22.2 Å². The third kappa shape index (κ3) is 6.89. The predicted octanol–water partition coefficient (Wildman–Crippen LogP) is 7.54. The number of hydrogen-bond acceptors (Lipinski definition) is 10. The minimum atomic E-state index is -2.79. The predicted molar refractivity (Wildman–Crippen MR) is 195 cm³/mol. The van der Waals surface area contributed by atoms with Crippen LogP contribution in [0.15, 0.2) is 59.7 Å². The molecule has 0 radical (unpaired) electrons. The highest BCUT2D eigenvalue weighted by molar-refractivity contribution is 9.10. The molecule has 3 aromatic heterocycles. The fourth-order valence-corrected chi connectivity index (χ4v) is 8.10. The van der Waals surface area contributed by atoms with Crippen LogP contribution in [0.3, 0.4) is 0 Å². The van der Waals surface area contributed by atoms with Crippen LogP contribution < -0.4 is 25.6 Å². The second-order valence-electron chi connectivity index (χ2n) is 13.6. The van der Waals surface area contributed by atoms with Crippen molar-refractivity contribution in [3.8, 4) is 16.9 Å². The van der Waals surface area contributed by atoms with Crippen molar-refractivity contribution in [2.75, 3.05) is 49.1 Å². The summed E-state index contributed by atoms with van der Waals surface area (Å²) in [7, 11) is 0.683. The zero-order valence-corrected chi connectivity index (χ0v) is 30.6. The number of methoxy groups -OCH3 is 1. The average Bonchev–Trinajstić information content (AvgIpc) is 3.47. The van der Waals surface area contributed by atoms with Crippen LogP contribution >= 0.6 is 23.1 Å². The molecule has 2 atom stereocenters. The number of benzene rings is 2. The number of ether oxygens (including phenoxy) is 1. The third-order valence-electron chi connectivity index (χ3n) is 8.72. The van der Waals surface area contributed by atoms with Gasteiger partial charge in [-0.15, -0.1) is 0 Å². The van der Waals surface area contributed by atoms with Gasteiger partial charge in [0.2, 0.25) is 5.95 Å². The van der Waals surface area contributed by atoms with E-state index in [1.807, 2.05) is 37.5 Å². The molecule has 0 saturated carbocycles. The van der Waals surface area contributed by atoms with E-state index in [0.717, 1.165) is 29.8 Å². The number of nitrogens with one attached hydrogen (secondary N) is 2. The first-order valence-electron chi connectivity index (χ1n) is 15.7. The summed E-state index contributed by atoms with van der Waals surface area (Å²) in [5, 5.41) is 11.7. The lowest BCUT2D eigenvalue weighted by atomic mass is 9.74. The molecule has 4 heterocycles. The SMILES string of the molecule is COc1cc(N2CCC(C(C)(C)C)C(F)C2)c(-c2cnn(C)c2)cc1Nc1ncc(Br)c(Nc2ccc3nccnc3c2P(C)(C)=O)n1. The van der Waals surface area contributed by atoms with Gasteiger partial charge in [-0.05, 0) is 65.2 Å². The monoisotopic (exact) mass is 735 g/mol. The van der Waals surface area contributed by atoms with Crippen LogP contribution in [0.5, 0.6) is 5.75 Å². The van der Waals surface area contributed by atoms with Crippen molar-refractivity contribution in [1.29, 1.82) is 0 Å². The molecule has 11 nitrogen and oxygen atoms in total. The number of nitrogens with zero attached hydrogens (tertiary/aromatic N) is 7. The minimum absolute atomic E-state index is 0.0176. The summed E-state index contributed by atoms with van der Waals surface area (Å²) >= 11 is 3.56. The molecule has 2 unspecified atom stereocenters. The standard InChI is InChI=1S/C34H40BrFN9O2P/c1-34(2,3)22-10-13-45(19-24(22)36)28-15-29(47-5)27(14-21(28)20-16-40-44(4)18-20)42-33-39-17-23(35)32(43-33)41-26-9-8-25-30(38-12-11-37-25)31(26)48(6,7)46/h8-9,11-12,14-18,22,24H,10,13,19H2,1-7H3,(H2,39,41,42,43). The topological polar surface area (TPSA) is 123 Å². The van der Waals surface area contributed by atoms with Gasteiger partial charge in [-0.25, -0.2) is 9.37 Å². The molecule has 0 aliphatic carbocycles. The lowest BCUT2D eigenvalue weighted by molar-refractivity contribution is 0.0946. The Morgan fingerprint density at radius 3 is 2.50 bits per heavy atom. The van der Waals surface area contributed by atoms with Gasteiger partial charge in [0.25, 0.3) is 0 Å². The number of anilines is 5. The summed E-state index contributed by atoms with van der Waals surface area (Å²) in [6.45, 7) is 10.8.